The highest BCUT2D eigenvalue weighted by Gasteiger charge is 2.14. The zero-order valence-electron chi connectivity index (χ0n) is 15.6. The van der Waals surface area contributed by atoms with Crippen LogP contribution >= 0.6 is 11.6 Å². The number of nitrogens with one attached hydrogen (secondary N) is 2. The van der Waals surface area contributed by atoms with Gasteiger partial charge in [-0.1, -0.05) is 31.5 Å². The van der Waals surface area contributed by atoms with Gasteiger partial charge in [0.15, 0.2) is 6.61 Å². The molecular formula is C19H20ClN3O5. The Bertz CT molecular complexity index is 914. The molecule has 0 aliphatic rings. The normalized spacial score (nSPS) is 10.5. The monoisotopic (exact) mass is 405 g/mol. The maximum atomic E-state index is 12.0. The smallest absolute Gasteiger partial charge is 0.276 e. The first kappa shape index (κ1) is 21.2. The van der Waals surface area contributed by atoms with Crippen LogP contribution in [0.15, 0.2) is 36.4 Å². The van der Waals surface area contributed by atoms with E-state index in [0.29, 0.717) is 10.8 Å². The molecule has 0 saturated carbocycles. The summed E-state index contributed by atoms with van der Waals surface area (Å²) in [5.41, 5.74) is 5.92. The van der Waals surface area contributed by atoms with E-state index in [9.17, 15) is 19.7 Å². The number of benzene rings is 2. The van der Waals surface area contributed by atoms with E-state index in [1.54, 1.807) is 12.1 Å². The van der Waals surface area contributed by atoms with Gasteiger partial charge in [0.2, 0.25) is 0 Å². The van der Waals surface area contributed by atoms with Crippen LogP contribution < -0.4 is 15.6 Å². The molecule has 0 saturated heterocycles. The van der Waals surface area contributed by atoms with E-state index in [4.69, 9.17) is 16.3 Å². The minimum atomic E-state index is -0.678. The Labute approximate surface area is 167 Å². The van der Waals surface area contributed by atoms with Gasteiger partial charge in [-0.3, -0.25) is 30.6 Å². The lowest BCUT2D eigenvalue weighted by molar-refractivity contribution is -0.384. The van der Waals surface area contributed by atoms with Crippen molar-refractivity contribution in [3.8, 4) is 5.75 Å². The molecule has 0 aliphatic heterocycles. The number of hydrogen-bond acceptors (Lipinski definition) is 5. The first-order valence-electron chi connectivity index (χ1n) is 8.45. The molecular weight excluding hydrogens is 386 g/mol. The van der Waals surface area contributed by atoms with Gasteiger partial charge in [-0.05, 0) is 42.2 Å². The lowest BCUT2D eigenvalue weighted by Crippen LogP contribution is -2.43. The fourth-order valence-electron chi connectivity index (χ4n) is 2.39. The third kappa shape index (κ3) is 5.43. The summed E-state index contributed by atoms with van der Waals surface area (Å²) in [5, 5.41) is 11.4. The molecule has 2 N–H and O–H groups in total. The van der Waals surface area contributed by atoms with Crippen LogP contribution in [0.1, 0.15) is 41.3 Å². The molecule has 0 fully saturated rings. The number of nitrogens with zero attached hydrogens (tertiary/aromatic N) is 1. The van der Waals surface area contributed by atoms with Gasteiger partial charge in [0.05, 0.1) is 4.92 Å². The van der Waals surface area contributed by atoms with E-state index < -0.39 is 16.7 Å². The molecule has 0 radical (unpaired) electrons. The zero-order valence-corrected chi connectivity index (χ0v) is 16.4. The van der Waals surface area contributed by atoms with Crippen LogP contribution in [0.5, 0.6) is 5.75 Å². The number of halogens is 1. The standard InChI is InChI=1S/C19H20ClN3O5/c1-11(2)15-9-16(20)12(3)7-17(15)28-10-18(24)21-22-19(25)13-5-4-6-14(8-13)23(26)27/h4-9,11H,10H2,1-3H3,(H,21,24)(H,22,25). The number of ether oxygens (including phenoxy) is 1. The van der Waals surface area contributed by atoms with Crippen LogP contribution in [0.25, 0.3) is 0 Å². The molecule has 0 aromatic heterocycles. The number of hydrazine groups is 1. The molecule has 28 heavy (non-hydrogen) atoms. The van der Waals surface area contributed by atoms with Gasteiger partial charge in [0.1, 0.15) is 5.75 Å². The number of nitro groups is 1. The van der Waals surface area contributed by atoms with Crippen LogP contribution in [0.4, 0.5) is 5.69 Å². The van der Waals surface area contributed by atoms with Gasteiger partial charge >= 0.3 is 0 Å². The minimum Gasteiger partial charge on any atom is -0.483 e. The average Bonchev–Trinajstić information content (AvgIpc) is 2.66. The van der Waals surface area contributed by atoms with E-state index in [1.807, 2.05) is 20.8 Å². The molecule has 8 nitrogen and oxygen atoms in total. The summed E-state index contributed by atoms with van der Waals surface area (Å²) in [6, 6.07) is 8.73. The highest BCUT2D eigenvalue weighted by Crippen LogP contribution is 2.31. The molecule has 0 atom stereocenters. The predicted octanol–water partition coefficient (Wildman–Crippen LogP) is 3.52. The minimum absolute atomic E-state index is 0.0471. The van der Waals surface area contributed by atoms with Crippen molar-refractivity contribution < 1.29 is 19.2 Å². The molecule has 0 bridgehead atoms. The van der Waals surface area contributed by atoms with Crippen molar-refractivity contribution in [3.63, 3.8) is 0 Å². The first-order chi connectivity index (χ1) is 13.2. The number of carbonyl (C=O) groups excluding carboxylic acids is 2. The predicted molar refractivity (Wildman–Crippen MR) is 104 cm³/mol. The quantitative estimate of drug-likeness (QED) is 0.564. The summed E-state index contributed by atoms with van der Waals surface area (Å²) in [6.07, 6.45) is 0. The molecule has 2 aromatic carbocycles. The number of carbonyl (C=O) groups is 2. The van der Waals surface area contributed by atoms with Crippen molar-refractivity contribution >= 4 is 29.1 Å². The van der Waals surface area contributed by atoms with Crippen molar-refractivity contribution in [3.05, 3.63) is 68.2 Å². The summed E-state index contributed by atoms with van der Waals surface area (Å²) in [6.45, 7) is 5.47. The summed E-state index contributed by atoms with van der Waals surface area (Å²) in [7, 11) is 0. The van der Waals surface area contributed by atoms with Crippen LogP contribution in [0.3, 0.4) is 0 Å². The molecule has 0 heterocycles. The summed E-state index contributed by atoms with van der Waals surface area (Å²) in [5.74, 6) is -0.579. The highest BCUT2D eigenvalue weighted by atomic mass is 35.5. The number of amides is 2. The Hall–Kier alpha value is -3.13. The number of non-ortho nitro benzene ring substituents is 1. The SMILES string of the molecule is Cc1cc(OCC(=O)NNC(=O)c2cccc([N+](=O)[O-])c2)c(C(C)C)cc1Cl. The van der Waals surface area contributed by atoms with Crippen molar-refractivity contribution in [2.75, 3.05) is 6.61 Å². The number of hydrogen-bond donors (Lipinski definition) is 2. The second-order valence-electron chi connectivity index (χ2n) is 6.39. The molecule has 2 rings (SSSR count). The van der Waals surface area contributed by atoms with E-state index >= 15 is 0 Å². The second-order valence-corrected chi connectivity index (χ2v) is 6.80. The van der Waals surface area contributed by atoms with E-state index in [1.165, 1.54) is 18.2 Å². The maximum Gasteiger partial charge on any atom is 0.276 e. The number of aryl methyl sites for hydroxylation is 1. The topological polar surface area (TPSA) is 111 Å². The van der Waals surface area contributed by atoms with Gasteiger partial charge in [0, 0.05) is 22.7 Å². The lowest BCUT2D eigenvalue weighted by atomic mass is 10.0. The van der Waals surface area contributed by atoms with Gasteiger partial charge in [0.25, 0.3) is 17.5 Å². The highest BCUT2D eigenvalue weighted by molar-refractivity contribution is 6.31. The maximum absolute atomic E-state index is 12.0. The molecule has 2 amide bonds. The zero-order chi connectivity index (χ0) is 20.8. The Morgan fingerprint density at radius 3 is 2.57 bits per heavy atom. The number of nitro benzene ring substituents is 1. The first-order valence-corrected chi connectivity index (χ1v) is 8.83. The van der Waals surface area contributed by atoms with Crippen LogP contribution in [-0.4, -0.2) is 23.3 Å². The van der Waals surface area contributed by atoms with Gasteiger partial charge in [-0.2, -0.15) is 0 Å². The van der Waals surface area contributed by atoms with Gasteiger partial charge in [-0.25, -0.2) is 0 Å². The Morgan fingerprint density at radius 2 is 1.93 bits per heavy atom. The molecule has 2 aromatic rings. The summed E-state index contributed by atoms with van der Waals surface area (Å²) in [4.78, 5) is 34.1. The van der Waals surface area contributed by atoms with Crippen LogP contribution in [0.2, 0.25) is 5.02 Å². The third-order valence-corrected chi connectivity index (χ3v) is 4.31. The average molecular weight is 406 g/mol. The van der Waals surface area contributed by atoms with E-state index in [0.717, 1.165) is 17.2 Å². The number of rotatable bonds is 6. The lowest BCUT2D eigenvalue weighted by Gasteiger charge is -2.16. The molecule has 0 aliphatic carbocycles. The Kier molecular flexibility index (Phi) is 6.94. The van der Waals surface area contributed by atoms with Crippen LogP contribution in [0, 0.1) is 17.0 Å². The van der Waals surface area contributed by atoms with E-state index in [2.05, 4.69) is 10.9 Å². The van der Waals surface area contributed by atoms with Crippen LogP contribution in [-0.2, 0) is 4.79 Å². The van der Waals surface area contributed by atoms with Gasteiger partial charge in [-0.15, -0.1) is 0 Å². The van der Waals surface area contributed by atoms with Crippen molar-refractivity contribution in [2.45, 2.75) is 26.7 Å². The fourth-order valence-corrected chi connectivity index (χ4v) is 2.56. The summed E-state index contributed by atoms with van der Waals surface area (Å²) >= 11 is 6.14. The van der Waals surface area contributed by atoms with Crippen molar-refractivity contribution in [1.29, 1.82) is 0 Å². The largest absolute Gasteiger partial charge is 0.483 e. The molecule has 148 valence electrons. The Morgan fingerprint density at radius 1 is 1.21 bits per heavy atom. The van der Waals surface area contributed by atoms with Crippen molar-refractivity contribution in [1.82, 2.24) is 10.9 Å². The van der Waals surface area contributed by atoms with Crippen molar-refractivity contribution in [2.24, 2.45) is 0 Å². The molecule has 0 spiro atoms. The second kappa shape index (κ2) is 9.18. The molecule has 9 heteroatoms. The van der Waals surface area contributed by atoms with Gasteiger partial charge < -0.3 is 4.74 Å². The summed E-state index contributed by atoms with van der Waals surface area (Å²) < 4.78 is 5.57. The third-order valence-electron chi connectivity index (χ3n) is 3.91. The Balaban J connectivity index is 1.95. The molecule has 0 unspecified atom stereocenters. The fraction of sp³-hybridized carbons (Fsp3) is 0.263. The van der Waals surface area contributed by atoms with E-state index in [-0.39, 0.29) is 23.8 Å².